The topological polar surface area (TPSA) is 0 Å². The quantitative estimate of drug-likeness (QED) is 0.269. The molecule has 1 aliphatic rings. The van der Waals surface area contributed by atoms with E-state index >= 15 is 0 Å². The van der Waals surface area contributed by atoms with Crippen LogP contribution in [0, 0.1) is 6.58 Å². The highest BCUT2D eigenvalue weighted by Crippen LogP contribution is 2.42. The highest BCUT2D eigenvalue weighted by Gasteiger charge is 2.31. The van der Waals surface area contributed by atoms with Gasteiger partial charge in [-0.3, -0.25) is 0 Å². The minimum absolute atomic E-state index is 0.148. The zero-order valence-electron chi connectivity index (χ0n) is 15.6. The van der Waals surface area contributed by atoms with Gasteiger partial charge in [-0.2, -0.15) is 0 Å². The number of hydrogen-bond acceptors (Lipinski definition) is 0. The van der Waals surface area contributed by atoms with Gasteiger partial charge in [0.1, 0.15) is 11.5 Å². The average Bonchev–Trinajstić information content (AvgIpc) is 2.72. The average molecular weight is 340 g/mol. The van der Waals surface area contributed by atoms with Crippen molar-refractivity contribution < 1.29 is 0 Å². The predicted octanol–water partition coefficient (Wildman–Crippen LogP) is 7.28. The number of hydrogen-bond donors (Lipinski definition) is 0. The van der Waals surface area contributed by atoms with E-state index in [4.69, 9.17) is 6.58 Å². The molecular formula is C26H27+. The van der Waals surface area contributed by atoms with Gasteiger partial charge < -0.3 is 0 Å². The zero-order chi connectivity index (χ0) is 18.2. The summed E-state index contributed by atoms with van der Waals surface area (Å²) in [5.74, 6) is 0.148. The van der Waals surface area contributed by atoms with E-state index in [1.54, 1.807) is 0 Å². The lowest BCUT2D eigenvalue weighted by Crippen LogP contribution is -2.09. The van der Waals surface area contributed by atoms with Crippen molar-refractivity contribution in [3.63, 3.8) is 0 Å². The maximum atomic E-state index is 6.15. The molecule has 0 aliphatic heterocycles. The molecule has 3 rings (SSSR count). The number of allylic oxidation sites excluding steroid dienone is 4. The smallest absolute Gasteiger partial charge is 0.112 e. The molecule has 2 aromatic carbocycles. The van der Waals surface area contributed by atoms with Crippen molar-refractivity contribution >= 4 is 5.57 Å². The van der Waals surface area contributed by atoms with Gasteiger partial charge in [-0.05, 0) is 24.0 Å². The van der Waals surface area contributed by atoms with E-state index in [1.165, 1.54) is 53.5 Å². The third-order valence-electron chi connectivity index (χ3n) is 5.07. The Morgan fingerprint density at radius 2 is 1.62 bits per heavy atom. The van der Waals surface area contributed by atoms with Crippen LogP contribution in [0.5, 0.6) is 0 Å². The van der Waals surface area contributed by atoms with Crippen LogP contribution in [0.1, 0.15) is 56.1 Å². The summed E-state index contributed by atoms with van der Waals surface area (Å²) in [7, 11) is 0. The standard InChI is InChI=1S/C26H27/c1-3-5-6-9-16-22-19-20-25(21-14-10-7-11-15-21)26(24(22)4-2)23-17-12-8-13-18-23/h2,4,7-8,10-15,17-19,26H,3,5-6,9,16H2,1H3/q+1. The molecule has 0 heteroatoms. The van der Waals surface area contributed by atoms with Gasteiger partial charge in [-0.15, -0.1) is 5.73 Å². The molecule has 0 N–H and O–H groups in total. The van der Waals surface area contributed by atoms with Crippen LogP contribution in [0.2, 0.25) is 0 Å². The summed E-state index contributed by atoms with van der Waals surface area (Å²) in [4.78, 5) is 0. The number of rotatable bonds is 8. The van der Waals surface area contributed by atoms with Gasteiger partial charge in [-0.25, -0.2) is 0 Å². The monoisotopic (exact) mass is 339 g/mol. The van der Waals surface area contributed by atoms with Crippen molar-refractivity contribution in [1.82, 2.24) is 0 Å². The van der Waals surface area contributed by atoms with E-state index in [0.717, 1.165) is 6.42 Å². The molecule has 0 bridgehead atoms. The first-order chi connectivity index (χ1) is 12.8. The second-order valence-corrected chi connectivity index (χ2v) is 6.87. The van der Waals surface area contributed by atoms with Gasteiger partial charge in [0.05, 0.1) is 0 Å². The third-order valence-corrected chi connectivity index (χ3v) is 5.07. The third kappa shape index (κ3) is 4.12. The van der Waals surface area contributed by atoms with E-state index in [-0.39, 0.29) is 5.92 Å². The summed E-state index contributed by atoms with van der Waals surface area (Å²) in [5.41, 5.74) is 9.84. The highest BCUT2D eigenvalue weighted by atomic mass is 14.3. The molecule has 2 aromatic rings. The molecule has 0 saturated carbocycles. The minimum Gasteiger partial charge on any atom is -0.112 e. The molecule has 0 amide bonds. The van der Waals surface area contributed by atoms with Gasteiger partial charge in [0.2, 0.25) is 0 Å². The maximum Gasteiger partial charge on any atom is 0.156 e. The van der Waals surface area contributed by atoms with Crippen LogP contribution in [0.4, 0.5) is 0 Å². The fraction of sp³-hybridized carbons (Fsp3) is 0.269. The number of benzene rings is 2. The molecule has 0 radical (unpaired) electrons. The molecule has 0 aromatic heterocycles. The second-order valence-electron chi connectivity index (χ2n) is 6.87. The molecule has 0 heterocycles. The summed E-state index contributed by atoms with van der Waals surface area (Å²) in [6.07, 6.45) is 10.1. The first-order valence-electron chi connectivity index (χ1n) is 9.70. The summed E-state index contributed by atoms with van der Waals surface area (Å²) in [5, 5.41) is 0. The van der Waals surface area contributed by atoms with Gasteiger partial charge in [-0.1, -0.05) is 86.8 Å². The molecule has 1 atom stereocenters. The maximum absolute atomic E-state index is 6.15. The summed E-state index contributed by atoms with van der Waals surface area (Å²) >= 11 is 0. The Kier molecular flexibility index (Phi) is 6.39. The van der Waals surface area contributed by atoms with Crippen LogP contribution in [0.25, 0.3) is 5.57 Å². The zero-order valence-corrected chi connectivity index (χ0v) is 15.6. The summed E-state index contributed by atoms with van der Waals surface area (Å²) in [6, 6.07) is 21.2. The van der Waals surface area contributed by atoms with Gasteiger partial charge in [0, 0.05) is 23.8 Å². The molecule has 0 saturated heterocycles. The largest absolute Gasteiger partial charge is 0.156 e. The molecule has 26 heavy (non-hydrogen) atoms. The molecule has 130 valence electrons. The van der Waals surface area contributed by atoms with Gasteiger partial charge >= 0.3 is 0 Å². The van der Waals surface area contributed by atoms with Gasteiger partial charge in [0.15, 0.2) is 6.08 Å². The Balaban J connectivity index is 2.02. The highest BCUT2D eigenvalue weighted by molar-refractivity contribution is 5.77. The molecule has 0 fully saturated rings. The lowest BCUT2D eigenvalue weighted by molar-refractivity contribution is 0.665. The van der Waals surface area contributed by atoms with Crippen LogP contribution in [0.15, 0.2) is 89.7 Å². The first-order valence-corrected chi connectivity index (χ1v) is 9.70. The van der Waals surface area contributed by atoms with Crippen molar-refractivity contribution in [2.75, 3.05) is 0 Å². The Bertz CT molecular complexity index is 815. The van der Waals surface area contributed by atoms with Gasteiger partial charge in [0.25, 0.3) is 0 Å². The number of unbranched alkanes of at least 4 members (excludes halogenated alkanes) is 3. The van der Waals surface area contributed by atoms with E-state index in [1.807, 2.05) is 6.08 Å². The van der Waals surface area contributed by atoms with Crippen molar-refractivity contribution in [1.29, 1.82) is 0 Å². The minimum atomic E-state index is 0.148. The van der Waals surface area contributed by atoms with Crippen molar-refractivity contribution in [2.24, 2.45) is 0 Å². The molecule has 0 nitrogen and oxygen atoms in total. The fourth-order valence-corrected chi connectivity index (χ4v) is 3.69. The van der Waals surface area contributed by atoms with Crippen molar-refractivity contribution in [3.05, 3.63) is 107 Å². The molecule has 1 unspecified atom stereocenters. The Morgan fingerprint density at radius 3 is 2.27 bits per heavy atom. The second kappa shape index (κ2) is 9.16. The van der Waals surface area contributed by atoms with E-state index < -0.39 is 0 Å². The lowest BCUT2D eigenvalue weighted by Gasteiger charge is -2.21. The Labute approximate surface area is 158 Å². The first kappa shape index (κ1) is 18.2. The van der Waals surface area contributed by atoms with E-state index in [9.17, 15) is 0 Å². The molecule has 1 aliphatic carbocycles. The molecular weight excluding hydrogens is 312 g/mol. The van der Waals surface area contributed by atoms with Crippen molar-refractivity contribution in [2.45, 2.75) is 44.9 Å². The van der Waals surface area contributed by atoms with Crippen LogP contribution >= 0.6 is 0 Å². The van der Waals surface area contributed by atoms with E-state index in [2.05, 4.69) is 79.4 Å². The fourth-order valence-electron chi connectivity index (χ4n) is 3.69. The van der Waals surface area contributed by atoms with Crippen LogP contribution in [0.3, 0.4) is 0 Å². The lowest BCUT2D eigenvalue weighted by atomic mass is 9.77. The SMILES string of the molecule is [CH+]=CC1=C(CCCCCC)C=C=C(c2ccccc2)C1c1ccccc1. The molecule has 0 spiro atoms. The van der Waals surface area contributed by atoms with Crippen LogP contribution in [-0.4, -0.2) is 0 Å². The van der Waals surface area contributed by atoms with Crippen LogP contribution in [-0.2, 0) is 0 Å². The predicted molar refractivity (Wildman–Crippen MR) is 112 cm³/mol. The summed E-state index contributed by atoms with van der Waals surface area (Å²) < 4.78 is 0. The normalized spacial score (nSPS) is 16.5. The summed E-state index contributed by atoms with van der Waals surface area (Å²) in [6.45, 7) is 8.40. The van der Waals surface area contributed by atoms with Crippen molar-refractivity contribution in [3.8, 4) is 0 Å². The Hall–Kier alpha value is -2.65. The Morgan fingerprint density at radius 1 is 0.923 bits per heavy atom. The van der Waals surface area contributed by atoms with E-state index in [0.29, 0.717) is 0 Å². The van der Waals surface area contributed by atoms with Crippen LogP contribution < -0.4 is 0 Å².